The molecule has 1 aromatic heterocycles. The fourth-order valence-electron chi connectivity index (χ4n) is 3.13. The number of amides is 2. The summed E-state index contributed by atoms with van der Waals surface area (Å²) in [4.78, 5) is 16.7. The average molecular weight is 307 g/mol. The van der Waals surface area contributed by atoms with E-state index in [9.17, 15) is 4.79 Å². The predicted octanol–water partition coefficient (Wildman–Crippen LogP) is 1.79. The molecule has 0 saturated carbocycles. The lowest BCUT2D eigenvalue weighted by Crippen LogP contribution is -2.47. The summed E-state index contributed by atoms with van der Waals surface area (Å²) in [6.07, 6.45) is 6.09. The van der Waals surface area contributed by atoms with Gasteiger partial charge in [0.2, 0.25) is 0 Å². The normalized spacial score (nSPS) is 18.8. The molecule has 1 N–H and O–H groups in total. The quantitative estimate of drug-likeness (QED) is 0.835. The number of carbonyl (C=O) groups is 1. The SMILES string of the molecule is CCN(CCn1cccn1)C(=O)NC[C@@H]1CCCN1C(C)C. The number of urea groups is 1. The van der Waals surface area contributed by atoms with E-state index in [0.29, 0.717) is 25.2 Å². The third kappa shape index (κ3) is 4.47. The Balaban J connectivity index is 1.76. The molecule has 2 amide bonds. The summed E-state index contributed by atoms with van der Waals surface area (Å²) in [7, 11) is 0. The van der Waals surface area contributed by atoms with Crippen molar-refractivity contribution in [2.24, 2.45) is 0 Å². The lowest BCUT2D eigenvalue weighted by Gasteiger charge is -2.29. The maximum atomic E-state index is 12.3. The monoisotopic (exact) mass is 307 g/mol. The van der Waals surface area contributed by atoms with E-state index in [-0.39, 0.29) is 6.03 Å². The third-order valence-electron chi connectivity index (χ3n) is 4.40. The van der Waals surface area contributed by atoms with Crippen molar-refractivity contribution >= 4 is 6.03 Å². The van der Waals surface area contributed by atoms with Gasteiger partial charge in [-0.3, -0.25) is 9.58 Å². The molecule has 0 spiro atoms. The van der Waals surface area contributed by atoms with E-state index >= 15 is 0 Å². The maximum Gasteiger partial charge on any atom is 0.317 e. The number of hydrogen-bond donors (Lipinski definition) is 1. The number of rotatable bonds is 7. The predicted molar refractivity (Wildman–Crippen MR) is 87.7 cm³/mol. The van der Waals surface area contributed by atoms with Crippen molar-refractivity contribution in [2.45, 2.75) is 52.2 Å². The fourth-order valence-corrected chi connectivity index (χ4v) is 3.13. The van der Waals surface area contributed by atoms with Crippen LogP contribution in [0.15, 0.2) is 18.5 Å². The Morgan fingerprint density at radius 1 is 1.50 bits per heavy atom. The number of carbonyl (C=O) groups excluding carboxylic acids is 1. The molecular weight excluding hydrogens is 278 g/mol. The van der Waals surface area contributed by atoms with Crippen LogP contribution in [-0.4, -0.2) is 63.9 Å². The van der Waals surface area contributed by atoms with Gasteiger partial charge in [0.05, 0.1) is 6.54 Å². The molecule has 124 valence electrons. The van der Waals surface area contributed by atoms with Crippen molar-refractivity contribution in [3.8, 4) is 0 Å². The molecule has 6 nitrogen and oxygen atoms in total. The molecule has 0 radical (unpaired) electrons. The van der Waals surface area contributed by atoms with Gasteiger partial charge in [-0.25, -0.2) is 4.79 Å². The minimum Gasteiger partial charge on any atom is -0.336 e. The minimum atomic E-state index is 0.0327. The molecule has 1 fully saturated rings. The van der Waals surface area contributed by atoms with Crippen LogP contribution in [0.25, 0.3) is 0 Å². The molecule has 1 aromatic rings. The van der Waals surface area contributed by atoms with Crippen LogP contribution >= 0.6 is 0 Å². The lowest BCUT2D eigenvalue weighted by atomic mass is 10.2. The first-order valence-corrected chi connectivity index (χ1v) is 8.37. The highest BCUT2D eigenvalue weighted by Crippen LogP contribution is 2.19. The van der Waals surface area contributed by atoms with Gasteiger partial charge < -0.3 is 10.2 Å². The lowest BCUT2D eigenvalue weighted by molar-refractivity contribution is 0.179. The first-order valence-electron chi connectivity index (χ1n) is 8.37. The molecule has 0 unspecified atom stereocenters. The molecule has 1 aliphatic rings. The van der Waals surface area contributed by atoms with Crippen molar-refractivity contribution < 1.29 is 4.79 Å². The first-order chi connectivity index (χ1) is 10.6. The van der Waals surface area contributed by atoms with Gasteiger partial charge in [-0.2, -0.15) is 5.10 Å². The van der Waals surface area contributed by atoms with E-state index in [0.717, 1.165) is 19.6 Å². The van der Waals surface area contributed by atoms with Crippen LogP contribution < -0.4 is 5.32 Å². The number of nitrogens with one attached hydrogen (secondary N) is 1. The molecule has 0 bridgehead atoms. The first kappa shape index (κ1) is 16.8. The van der Waals surface area contributed by atoms with Crippen LogP contribution in [-0.2, 0) is 6.54 Å². The largest absolute Gasteiger partial charge is 0.336 e. The molecule has 0 aromatic carbocycles. The Kier molecular flexibility index (Phi) is 6.24. The van der Waals surface area contributed by atoms with Crippen LogP contribution in [0.5, 0.6) is 0 Å². The zero-order chi connectivity index (χ0) is 15.9. The summed E-state index contributed by atoms with van der Waals surface area (Å²) in [5, 5.41) is 7.28. The summed E-state index contributed by atoms with van der Waals surface area (Å²) in [5.41, 5.74) is 0. The van der Waals surface area contributed by atoms with Crippen LogP contribution in [0.4, 0.5) is 4.79 Å². The molecule has 2 rings (SSSR count). The van der Waals surface area contributed by atoms with Crippen molar-refractivity contribution in [3.63, 3.8) is 0 Å². The van der Waals surface area contributed by atoms with Gasteiger partial charge >= 0.3 is 6.03 Å². The summed E-state index contributed by atoms with van der Waals surface area (Å²) >= 11 is 0. The van der Waals surface area contributed by atoms with Crippen LogP contribution in [0, 0.1) is 0 Å². The molecule has 1 saturated heterocycles. The van der Waals surface area contributed by atoms with Gasteiger partial charge in [-0.1, -0.05) is 0 Å². The number of likely N-dealkylation sites (N-methyl/N-ethyl adjacent to an activating group) is 1. The second-order valence-corrected chi connectivity index (χ2v) is 6.16. The molecule has 6 heteroatoms. The topological polar surface area (TPSA) is 53.4 Å². The van der Waals surface area contributed by atoms with Crippen LogP contribution in [0.2, 0.25) is 0 Å². The van der Waals surface area contributed by atoms with Crippen molar-refractivity contribution in [3.05, 3.63) is 18.5 Å². The molecule has 1 atom stereocenters. The number of likely N-dealkylation sites (tertiary alicyclic amines) is 1. The summed E-state index contributed by atoms with van der Waals surface area (Å²) in [6.45, 7) is 10.5. The Morgan fingerprint density at radius 2 is 2.32 bits per heavy atom. The highest BCUT2D eigenvalue weighted by molar-refractivity contribution is 5.74. The fraction of sp³-hybridized carbons (Fsp3) is 0.750. The van der Waals surface area contributed by atoms with E-state index in [1.54, 1.807) is 6.20 Å². The Labute approximate surface area is 133 Å². The zero-order valence-corrected chi connectivity index (χ0v) is 14.0. The summed E-state index contributed by atoms with van der Waals surface area (Å²) in [6, 6.07) is 2.96. The van der Waals surface area contributed by atoms with Gasteiger partial charge in [-0.15, -0.1) is 0 Å². The van der Waals surface area contributed by atoms with E-state index in [2.05, 4.69) is 29.2 Å². The van der Waals surface area contributed by atoms with E-state index in [1.807, 2.05) is 28.8 Å². The van der Waals surface area contributed by atoms with Gasteiger partial charge in [0, 0.05) is 44.1 Å². The van der Waals surface area contributed by atoms with Gasteiger partial charge in [0.1, 0.15) is 0 Å². The Morgan fingerprint density at radius 3 is 2.95 bits per heavy atom. The van der Waals surface area contributed by atoms with Gasteiger partial charge in [-0.05, 0) is 46.2 Å². The van der Waals surface area contributed by atoms with Crippen LogP contribution in [0.1, 0.15) is 33.6 Å². The summed E-state index contributed by atoms with van der Waals surface area (Å²) < 4.78 is 1.85. The maximum absolute atomic E-state index is 12.3. The Hall–Kier alpha value is -1.56. The van der Waals surface area contributed by atoms with E-state index in [1.165, 1.54) is 12.8 Å². The van der Waals surface area contributed by atoms with Gasteiger partial charge in [0.25, 0.3) is 0 Å². The minimum absolute atomic E-state index is 0.0327. The van der Waals surface area contributed by atoms with Gasteiger partial charge in [0.15, 0.2) is 0 Å². The number of nitrogens with zero attached hydrogens (tertiary/aromatic N) is 4. The highest BCUT2D eigenvalue weighted by Gasteiger charge is 2.27. The second-order valence-electron chi connectivity index (χ2n) is 6.16. The van der Waals surface area contributed by atoms with Crippen molar-refractivity contribution in [1.82, 2.24) is 24.9 Å². The molecule has 1 aliphatic heterocycles. The summed E-state index contributed by atoms with van der Waals surface area (Å²) in [5.74, 6) is 0. The zero-order valence-electron chi connectivity index (χ0n) is 14.0. The second kappa shape index (κ2) is 8.17. The number of hydrogen-bond acceptors (Lipinski definition) is 3. The van der Waals surface area contributed by atoms with E-state index < -0.39 is 0 Å². The third-order valence-corrected chi connectivity index (χ3v) is 4.40. The molecule has 0 aliphatic carbocycles. The standard InChI is InChI=1S/C16H29N5O/c1-4-19(11-12-20-9-6-8-18-20)16(22)17-13-15-7-5-10-21(15)14(2)3/h6,8-9,14-15H,4-5,7,10-13H2,1-3H3,(H,17,22)/t15-/m0/s1. The smallest absolute Gasteiger partial charge is 0.317 e. The molecular formula is C16H29N5O. The average Bonchev–Trinajstić information content (AvgIpc) is 3.16. The van der Waals surface area contributed by atoms with E-state index in [4.69, 9.17) is 0 Å². The Bertz CT molecular complexity index is 445. The molecule has 2 heterocycles. The van der Waals surface area contributed by atoms with Crippen molar-refractivity contribution in [2.75, 3.05) is 26.2 Å². The van der Waals surface area contributed by atoms with Crippen LogP contribution in [0.3, 0.4) is 0 Å². The van der Waals surface area contributed by atoms with Crippen molar-refractivity contribution in [1.29, 1.82) is 0 Å². The highest BCUT2D eigenvalue weighted by atomic mass is 16.2. The number of aromatic nitrogens is 2. The molecule has 22 heavy (non-hydrogen) atoms.